The number of hydrazine groups is 1. The van der Waals surface area contributed by atoms with Crippen molar-refractivity contribution >= 4 is 5.91 Å². The second-order valence-corrected chi connectivity index (χ2v) is 5.17. The van der Waals surface area contributed by atoms with Gasteiger partial charge in [-0.15, -0.1) is 0 Å². The first-order valence-electron chi connectivity index (χ1n) is 6.79. The van der Waals surface area contributed by atoms with E-state index in [2.05, 4.69) is 5.43 Å². The summed E-state index contributed by atoms with van der Waals surface area (Å²) in [6, 6.07) is 8.29. The van der Waals surface area contributed by atoms with Gasteiger partial charge in [-0.3, -0.25) is 15.1 Å². The molecule has 1 amide bonds. The predicted molar refractivity (Wildman–Crippen MR) is 71.9 cm³/mol. The van der Waals surface area contributed by atoms with Crippen LogP contribution in [-0.4, -0.2) is 30.1 Å². The highest BCUT2D eigenvalue weighted by molar-refractivity contribution is 5.82. The zero-order valence-corrected chi connectivity index (χ0v) is 11.4. The van der Waals surface area contributed by atoms with Crippen LogP contribution in [0.3, 0.4) is 0 Å². The van der Waals surface area contributed by atoms with E-state index in [-0.39, 0.29) is 25.9 Å². The summed E-state index contributed by atoms with van der Waals surface area (Å²) in [5.41, 5.74) is 2.83. The van der Waals surface area contributed by atoms with Gasteiger partial charge in [-0.05, 0) is 31.5 Å². The van der Waals surface area contributed by atoms with Crippen molar-refractivity contribution < 1.29 is 18.0 Å². The number of carbonyl (C=O) groups excluding carboxylic acids is 1. The van der Waals surface area contributed by atoms with Crippen LogP contribution in [0.25, 0.3) is 0 Å². The van der Waals surface area contributed by atoms with Crippen LogP contribution in [0.1, 0.15) is 24.4 Å². The number of carbonyl (C=O) groups is 1. The Kier molecular flexibility index (Phi) is 4.84. The number of rotatable bonds is 3. The average molecular weight is 301 g/mol. The molecule has 1 aliphatic heterocycles. The maximum Gasteiger partial charge on any atom is 0.391 e. The summed E-state index contributed by atoms with van der Waals surface area (Å²) in [4.78, 5) is 13.7. The van der Waals surface area contributed by atoms with E-state index < -0.39 is 24.0 Å². The molecular weight excluding hydrogens is 283 g/mol. The van der Waals surface area contributed by atoms with Crippen molar-refractivity contribution in [2.45, 2.75) is 25.1 Å². The van der Waals surface area contributed by atoms with Crippen molar-refractivity contribution in [3.8, 4) is 0 Å². The Morgan fingerprint density at radius 3 is 2.29 bits per heavy atom. The third-order valence-electron chi connectivity index (χ3n) is 3.86. The number of amides is 1. The van der Waals surface area contributed by atoms with E-state index in [1.165, 1.54) is 0 Å². The predicted octanol–water partition coefficient (Wildman–Crippen LogP) is 1.99. The lowest BCUT2D eigenvalue weighted by molar-refractivity contribution is -0.186. The second-order valence-electron chi connectivity index (χ2n) is 5.17. The molecule has 1 aromatic carbocycles. The first-order chi connectivity index (χ1) is 9.93. The molecule has 0 aliphatic carbocycles. The van der Waals surface area contributed by atoms with Crippen molar-refractivity contribution in [1.82, 2.24) is 10.3 Å². The number of nitrogens with two attached hydrogens (primary N) is 1. The molecule has 1 unspecified atom stereocenters. The highest BCUT2D eigenvalue weighted by Crippen LogP contribution is 2.36. The number of piperidine rings is 1. The van der Waals surface area contributed by atoms with Crippen molar-refractivity contribution in [2.24, 2.45) is 11.8 Å². The van der Waals surface area contributed by atoms with Gasteiger partial charge >= 0.3 is 6.18 Å². The molecule has 2 rings (SSSR count). The fraction of sp³-hybridized carbons (Fsp3) is 0.500. The standard InChI is InChI=1S/C14H18F3N3O/c15-14(16,17)11-6-8-20(9-7-11)12(13(21)19-18)10-4-2-1-3-5-10/h1-5,11-12H,6-9,18H2,(H,19,21). The maximum atomic E-state index is 12.7. The number of hydrogen-bond donors (Lipinski definition) is 2. The minimum Gasteiger partial charge on any atom is -0.293 e. The normalized spacial score (nSPS) is 19.2. The largest absolute Gasteiger partial charge is 0.391 e. The molecule has 1 aliphatic rings. The summed E-state index contributed by atoms with van der Waals surface area (Å²) in [6.07, 6.45) is -4.15. The summed E-state index contributed by atoms with van der Waals surface area (Å²) in [5.74, 6) is 3.51. The van der Waals surface area contributed by atoms with E-state index in [0.717, 1.165) is 5.56 Å². The van der Waals surface area contributed by atoms with Gasteiger partial charge in [-0.1, -0.05) is 30.3 Å². The highest BCUT2D eigenvalue weighted by Gasteiger charge is 2.42. The summed E-state index contributed by atoms with van der Waals surface area (Å²) in [6.45, 7) is 0.439. The lowest BCUT2D eigenvalue weighted by Gasteiger charge is -2.37. The smallest absolute Gasteiger partial charge is 0.293 e. The van der Waals surface area contributed by atoms with E-state index in [1.807, 2.05) is 6.07 Å². The van der Waals surface area contributed by atoms with Gasteiger partial charge in [-0.2, -0.15) is 13.2 Å². The molecule has 1 saturated heterocycles. The number of halogens is 3. The molecule has 116 valence electrons. The second kappa shape index (κ2) is 6.44. The monoisotopic (exact) mass is 301 g/mol. The number of alkyl halides is 3. The molecule has 1 fully saturated rings. The van der Waals surface area contributed by atoms with Crippen LogP contribution in [-0.2, 0) is 4.79 Å². The Bertz CT molecular complexity index is 470. The summed E-state index contributed by atoms with van der Waals surface area (Å²) >= 11 is 0. The molecule has 0 bridgehead atoms. The molecule has 21 heavy (non-hydrogen) atoms. The molecule has 3 N–H and O–H groups in total. The Hall–Kier alpha value is -1.60. The van der Waals surface area contributed by atoms with E-state index >= 15 is 0 Å². The fourth-order valence-electron chi connectivity index (χ4n) is 2.73. The molecular formula is C14H18F3N3O. The minimum absolute atomic E-state index is 0.00465. The van der Waals surface area contributed by atoms with Gasteiger partial charge in [0.25, 0.3) is 5.91 Å². The highest BCUT2D eigenvalue weighted by atomic mass is 19.4. The molecule has 0 saturated carbocycles. The summed E-state index contributed by atoms with van der Waals surface area (Å²) in [5, 5.41) is 0. The van der Waals surface area contributed by atoms with Gasteiger partial charge in [0.1, 0.15) is 6.04 Å². The van der Waals surface area contributed by atoms with E-state index in [0.29, 0.717) is 0 Å². The van der Waals surface area contributed by atoms with Gasteiger partial charge < -0.3 is 0 Å². The third-order valence-corrected chi connectivity index (χ3v) is 3.86. The lowest BCUT2D eigenvalue weighted by Crippen LogP contribution is -2.47. The quantitative estimate of drug-likeness (QED) is 0.510. The molecule has 0 spiro atoms. The zero-order chi connectivity index (χ0) is 15.5. The Morgan fingerprint density at radius 1 is 1.24 bits per heavy atom. The first-order valence-corrected chi connectivity index (χ1v) is 6.79. The van der Waals surface area contributed by atoms with Crippen LogP contribution in [0.4, 0.5) is 13.2 Å². The van der Waals surface area contributed by atoms with E-state index in [4.69, 9.17) is 5.84 Å². The number of nitrogens with zero attached hydrogens (tertiary/aromatic N) is 1. The summed E-state index contributed by atoms with van der Waals surface area (Å²) < 4.78 is 38.1. The Morgan fingerprint density at radius 2 is 1.81 bits per heavy atom. The van der Waals surface area contributed by atoms with Crippen LogP contribution >= 0.6 is 0 Å². The Balaban J connectivity index is 2.12. The van der Waals surface area contributed by atoms with Gasteiger partial charge in [0, 0.05) is 0 Å². The van der Waals surface area contributed by atoms with Crippen LogP contribution in [0.5, 0.6) is 0 Å². The number of likely N-dealkylation sites (tertiary alicyclic amines) is 1. The average Bonchev–Trinajstić information content (AvgIpc) is 2.48. The SMILES string of the molecule is NNC(=O)C(c1ccccc1)N1CCC(C(F)(F)F)CC1. The third kappa shape index (κ3) is 3.74. The van der Waals surface area contributed by atoms with Crippen molar-refractivity contribution in [3.05, 3.63) is 35.9 Å². The molecule has 4 nitrogen and oxygen atoms in total. The molecule has 0 radical (unpaired) electrons. The van der Waals surface area contributed by atoms with Crippen LogP contribution < -0.4 is 11.3 Å². The molecule has 1 atom stereocenters. The number of nitrogens with one attached hydrogen (secondary N) is 1. The van der Waals surface area contributed by atoms with Crippen molar-refractivity contribution in [2.75, 3.05) is 13.1 Å². The topological polar surface area (TPSA) is 58.4 Å². The number of benzene rings is 1. The zero-order valence-electron chi connectivity index (χ0n) is 11.4. The van der Waals surface area contributed by atoms with Crippen molar-refractivity contribution in [1.29, 1.82) is 0 Å². The van der Waals surface area contributed by atoms with Crippen LogP contribution in [0, 0.1) is 5.92 Å². The van der Waals surface area contributed by atoms with Crippen LogP contribution in [0.2, 0.25) is 0 Å². The first kappa shape index (κ1) is 15.8. The van der Waals surface area contributed by atoms with E-state index in [9.17, 15) is 18.0 Å². The van der Waals surface area contributed by atoms with Gasteiger partial charge in [0.15, 0.2) is 0 Å². The Labute approximate surface area is 121 Å². The molecule has 1 aromatic rings. The molecule has 1 heterocycles. The summed E-state index contributed by atoms with van der Waals surface area (Å²) in [7, 11) is 0. The lowest BCUT2D eigenvalue weighted by atomic mass is 9.93. The maximum absolute atomic E-state index is 12.7. The van der Waals surface area contributed by atoms with Gasteiger partial charge in [0.05, 0.1) is 5.92 Å². The fourth-order valence-corrected chi connectivity index (χ4v) is 2.73. The van der Waals surface area contributed by atoms with E-state index in [1.54, 1.807) is 29.2 Å². The van der Waals surface area contributed by atoms with Gasteiger partial charge in [-0.25, -0.2) is 5.84 Å². The molecule has 7 heteroatoms. The minimum atomic E-state index is -4.16. The number of hydrogen-bond acceptors (Lipinski definition) is 3. The van der Waals surface area contributed by atoms with Gasteiger partial charge in [0.2, 0.25) is 0 Å². The van der Waals surface area contributed by atoms with Crippen LogP contribution in [0.15, 0.2) is 30.3 Å². The molecule has 0 aromatic heterocycles. The van der Waals surface area contributed by atoms with Crippen molar-refractivity contribution in [3.63, 3.8) is 0 Å².